The molecule has 0 amide bonds. The molecule has 2 aromatic rings. The molecular formula is C16H22ClN3. The molecule has 1 unspecified atom stereocenters. The van der Waals surface area contributed by atoms with E-state index >= 15 is 0 Å². The van der Waals surface area contributed by atoms with E-state index < -0.39 is 0 Å². The predicted octanol–water partition coefficient (Wildman–Crippen LogP) is 4.87. The van der Waals surface area contributed by atoms with E-state index in [-0.39, 0.29) is 5.38 Å². The third kappa shape index (κ3) is 2.44. The molecule has 1 aliphatic rings. The van der Waals surface area contributed by atoms with Gasteiger partial charge in [0, 0.05) is 12.2 Å². The lowest BCUT2D eigenvalue weighted by molar-refractivity contribution is 0.194. The number of imidazole rings is 1. The molecule has 1 fully saturated rings. The van der Waals surface area contributed by atoms with Crippen LogP contribution in [0.1, 0.15) is 63.7 Å². The minimum Gasteiger partial charge on any atom is -0.324 e. The molecule has 1 atom stereocenters. The Morgan fingerprint density at radius 1 is 1.35 bits per heavy atom. The Morgan fingerprint density at radius 3 is 2.70 bits per heavy atom. The molecule has 4 heteroatoms. The molecule has 0 aliphatic heterocycles. The number of aromatic nitrogens is 3. The SMILES string of the molecule is CC(Cl)c1nc2cnccc2n1C1CCC(C)(C)CC1. The van der Waals surface area contributed by atoms with Crippen molar-refractivity contribution in [2.45, 2.75) is 57.9 Å². The van der Waals surface area contributed by atoms with Gasteiger partial charge in [0.25, 0.3) is 0 Å². The summed E-state index contributed by atoms with van der Waals surface area (Å²) in [7, 11) is 0. The lowest BCUT2D eigenvalue weighted by Crippen LogP contribution is -2.24. The first-order valence-electron chi connectivity index (χ1n) is 7.44. The average Bonchev–Trinajstić information content (AvgIpc) is 2.78. The van der Waals surface area contributed by atoms with Gasteiger partial charge in [0.15, 0.2) is 0 Å². The molecule has 2 aromatic heterocycles. The molecule has 1 saturated carbocycles. The van der Waals surface area contributed by atoms with Crippen LogP contribution in [-0.4, -0.2) is 14.5 Å². The normalized spacial score (nSPS) is 21.2. The van der Waals surface area contributed by atoms with Gasteiger partial charge in [-0.05, 0) is 44.1 Å². The molecule has 0 N–H and O–H groups in total. The molecule has 0 spiro atoms. The maximum Gasteiger partial charge on any atom is 0.128 e. The van der Waals surface area contributed by atoms with Crippen molar-refractivity contribution in [2.24, 2.45) is 5.41 Å². The van der Waals surface area contributed by atoms with Crippen LogP contribution in [0.4, 0.5) is 0 Å². The van der Waals surface area contributed by atoms with Gasteiger partial charge in [-0.1, -0.05) is 13.8 Å². The van der Waals surface area contributed by atoms with Crippen molar-refractivity contribution in [3.8, 4) is 0 Å². The van der Waals surface area contributed by atoms with Gasteiger partial charge < -0.3 is 4.57 Å². The van der Waals surface area contributed by atoms with Crippen molar-refractivity contribution >= 4 is 22.6 Å². The van der Waals surface area contributed by atoms with Crippen LogP contribution in [0.5, 0.6) is 0 Å². The highest BCUT2D eigenvalue weighted by molar-refractivity contribution is 6.20. The van der Waals surface area contributed by atoms with Gasteiger partial charge >= 0.3 is 0 Å². The Hall–Kier alpha value is -1.09. The summed E-state index contributed by atoms with van der Waals surface area (Å²) in [5, 5.41) is -0.0719. The Bertz CT molecular complexity index is 605. The van der Waals surface area contributed by atoms with E-state index in [0.717, 1.165) is 11.3 Å². The smallest absolute Gasteiger partial charge is 0.128 e. The first-order chi connectivity index (χ1) is 9.48. The molecule has 108 valence electrons. The predicted molar refractivity (Wildman–Crippen MR) is 83.1 cm³/mol. The number of alkyl halides is 1. The summed E-state index contributed by atoms with van der Waals surface area (Å²) in [6.45, 7) is 6.73. The highest BCUT2D eigenvalue weighted by Crippen LogP contribution is 2.42. The van der Waals surface area contributed by atoms with E-state index in [1.54, 1.807) is 0 Å². The summed E-state index contributed by atoms with van der Waals surface area (Å²) in [5.74, 6) is 0.986. The molecule has 0 aromatic carbocycles. The molecule has 20 heavy (non-hydrogen) atoms. The Morgan fingerprint density at radius 2 is 2.05 bits per heavy atom. The van der Waals surface area contributed by atoms with Crippen molar-refractivity contribution in [3.63, 3.8) is 0 Å². The number of pyridine rings is 1. The lowest BCUT2D eigenvalue weighted by atomic mass is 9.75. The summed E-state index contributed by atoms with van der Waals surface area (Å²) in [6, 6.07) is 2.58. The number of fused-ring (bicyclic) bond motifs is 1. The van der Waals surface area contributed by atoms with Gasteiger partial charge in [0.05, 0.1) is 17.1 Å². The van der Waals surface area contributed by atoms with Crippen LogP contribution in [-0.2, 0) is 0 Å². The Kier molecular flexibility index (Phi) is 3.49. The molecule has 2 heterocycles. The van der Waals surface area contributed by atoms with Crippen molar-refractivity contribution in [2.75, 3.05) is 0 Å². The van der Waals surface area contributed by atoms with E-state index in [4.69, 9.17) is 16.6 Å². The van der Waals surface area contributed by atoms with Gasteiger partial charge in [-0.2, -0.15) is 0 Å². The van der Waals surface area contributed by atoms with Crippen LogP contribution in [0, 0.1) is 5.41 Å². The van der Waals surface area contributed by atoms with Crippen LogP contribution >= 0.6 is 11.6 Å². The van der Waals surface area contributed by atoms with E-state index in [1.807, 2.05) is 19.3 Å². The number of hydrogen-bond acceptors (Lipinski definition) is 2. The topological polar surface area (TPSA) is 30.7 Å². The number of rotatable bonds is 2. The second-order valence-corrected chi connectivity index (χ2v) is 7.37. The molecule has 0 saturated heterocycles. The second kappa shape index (κ2) is 5.03. The third-order valence-corrected chi connectivity index (χ3v) is 4.74. The van der Waals surface area contributed by atoms with Gasteiger partial charge in [-0.25, -0.2) is 4.98 Å². The molecule has 1 aliphatic carbocycles. The summed E-state index contributed by atoms with van der Waals surface area (Å²) < 4.78 is 2.37. The van der Waals surface area contributed by atoms with Crippen LogP contribution in [0.15, 0.2) is 18.5 Å². The van der Waals surface area contributed by atoms with E-state index in [1.165, 1.54) is 31.2 Å². The minimum absolute atomic E-state index is 0.0719. The monoisotopic (exact) mass is 291 g/mol. The fourth-order valence-electron chi connectivity index (χ4n) is 3.28. The zero-order valence-electron chi connectivity index (χ0n) is 12.4. The number of halogens is 1. The zero-order valence-corrected chi connectivity index (χ0v) is 13.2. The van der Waals surface area contributed by atoms with Crippen LogP contribution in [0.2, 0.25) is 0 Å². The lowest BCUT2D eigenvalue weighted by Gasteiger charge is -2.35. The maximum atomic E-state index is 6.35. The van der Waals surface area contributed by atoms with E-state index in [2.05, 4.69) is 29.5 Å². The molecule has 0 bridgehead atoms. The highest BCUT2D eigenvalue weighted by Gasteiger charge is 2.30. The van der Waals surface area contributed by atoms with Crippen molar-refractivity contribution in [3.05, 3.63) is 24.3 Å². The maximum absolute atomic E-state index is 6.35. The first-order valence-corrected chi connectivity index (χ1v) is 7.87. The van der Waals surface area contributed by atoms with Crippen molar-refractivity contribution in [1.29, 1.82) is 0 Å². The highest BCUT2D eigenvalue weighted by atomic mass is 35.5. The molecule has 0 radical (unpaired) electrons. The molecule has 3 rings (SSSR count). The second-order valence-electron chi connectivity index (χ2n) is 6.72. The summed E-state index contributed by atoms with van der Waals surface area (Å²) in [4.78, 5) is 8.87. The zero-order chi connectivity index (χ0) is 14.3. The van der Waals surface area contributed by atoms with Crippen LogP contribution < -0.4 is 0 Å². The number of nitrogens with zero attached hydrogens (tertiary/aromatic N) is 3. The molecular weight excluding hydrogens is 270 g/mol. The summed E-state index contributed by atoms with van der Waals surface area (Å²) in [6.07, 6.45) is 8.61. The first kappa shape index (κ1) is 13.9. The Balaban J connectivity index is 2.03. The van der Waals surface area contributed by atoms with Crippen molar-refractivity contribution in [1.82, 2.24) is 14.5 Å². The molecule has 3 nitrogen and oxygen atoms in total. The summed E-state index contributed by atoms with van der Waals surface area (Å²) in [5.41, 5.74) is 2.60. The van der Waals surface area contributed by atoms with E-state index in [0.29, 0.717) is 11.5 Å². The standard InChI is InChI=1S/C16H22ClN3/c1-11(17)15-19-13-10-18-9-6-14(13)20(15)12-4-7-16(2,3)8-5-12/h6,9-12H,4-5,7-8H2,1-3H3. The van der Waals surface area contributed by atoms with Crippen LogP contribution in [0.3, 0.4) is 0 Å². The van der Waals surface area contributed by atoms with Gasteiger partial charge in [0.1, 0.15) is 11.3 Å². The fraction of sp³-hybridized carbons (Fsp3) is 0.625. The van der Waals surface area contributed by atoms with E-state index in [9.17, 15) is 0 Å². The van der Waals surface area contributed by atoms with Gasteiger partial charge in [-0.15, -0.1) is 11.6 Å². The quantitative estimate of drug-likeness (QED) is 0.739. The third-order valence-electron chi connectivity index (χ3n) is 4.55. The van der Waals surface area contributed by atoms with Gasteiger partial charge in [-0.3, -0.25) is 4.98 Å². The fourth-order valence-corrected chi connectivity index (χ4v) is 3.43. The Labute approximate surface area is 125 Å². The number of hydrogen-bond donors (Lipinski definition) is 0. The van der Waals surface area contributed by atoms with Crippen molar-refractivity contribution < 1.29 is 0 Å². The summed E-state index contributed by atoms with van der Waals surface area (Å²) >= 11 is 6.35. The van der Waals surface area contributed by atoms with Gasteiger partial charge in [0.2, 0.25) is 0 Å². The van der Waals surface area contributed by atoms with Crippen LogP contribution in [0.25, 0.3) is 11.0 Å². The average molecular weight is 292 g/mol. The largest absolute Gasteiger partial charge is 0.324 e. The minimum atomic E-state index is -0.0719.